The van der Waals surface area contributed by atoms with Gasteiger partial charge in [-0.1, -0.05) is 6.07 Å². The van der Waals surface area contributed by atoms with Crippen LogP contribution in [-0.4, -0.2) is 24.5 Å². The Morgan fingerprint density at radius 1 is 1.12 bits per heavy atom. The molecule has 7 nitrogen and oxygen atoms in total. The molecule has 0 saturated heterocycles. The topological polar surface area (TPSA) is 104 Å². The number of H-pyrrole nitrogens is 1. The van der Waals surface area contributed by atoms with E-state index in [1.807, 2.05) is 0 Å². The van der Waals surface area contributed by atoms with Crippen molar-refractivity contribution in [1.29, 1.82) is 0 Å². The number of sulfonamides is 1. The highest BCUT2D eigenvalue weighted by atomic mass is 32.2. The molecule has 26 heavy (non-hydrogen) atoms. The Hall–Kier alpha value is -3.20. The van der Waals surface area contributed by atoms with Crippen LogP contribution in [0.5, 0.6) is 0 Å². The average Bonchev–Trinajstić information content (AvgIpc) is 3.02. The van der Waals surface area contributed by atoms with Crippen molar-refractivity contribution in [3.63, 3.8) is 0 Å². The second kappa shape index (κ2) is 6.96. The van der Waals surface area contributed by atoms with Crippen LogP contribution in [0.15, 0.2) is 59.5 Å². The predicted molar refractivity (Wildman–Crippen MR) is 94.9 cm³/mol. The highest BCUT2D eigenvalue weighted by Gasteiger charge is 2.17. The quantitative estimate of drug-likeness (QED) is 0.639. The van der Waals surface area contributed by atoms with Crippen LogP contribution in [0.4, 0.5) is 15.9 Å². The molecule has 0 spiro atoms. The number of anilines is 2. The Kier molecular flexibility index (Phi) is 4.72. The van der Waals surface area contributed by atoms with Crippen molar-refractivity contribution in [2.24, 2.45) is 0 Å². The van der Waals surface area contributed by atoms with Gasteiger partial charge in [-0.25, -0.2) is 12.8 Å². The van der Waals surface area contributed by atoms with Gasteiger partial charge in [-0.05, 0) is 49.4 Å². The van der Waals surface area contributed by atoms with Crippen molar-refractivity contribution in [2.75, 3.05) is 10.0 Å². The van der Waals surface area contributed by atoms with Gasteiger partial charge in [0.1, 0.15) is 5.82 Å². The van der Waals surface area contributed by atoms with Gasteiger partial charge in [0.05, 0.1) is 4.90 Å². The van der Waals surface area contributed by atoms with E-state index in [0.29, 0.717) is 5.82 Å². The van der Waals surface area contributed by atoms with E-state index in [1.54, 1.807) is 13.0 Å². The molecule has 9 heteroatoms. The number of carbonyl (C=O) groups is 1. The fourth-order valence-electron chi connectivity index (χ4n) is 2.21. The van der Waals surface area contributed by atoms with Crippen LogP contribution in [0, 0.1) is 12.7 Å². The van der Waals surface area contributed by atoms with Gasteiger partial charge in [0, 0.05) is 23.0 Å². The SMILES string of the molecule is Cc1cc(NC(=O)c2cccc(S(=O)(=O)Nc3ccc(F)cc3)c2)n[nH]1. The first-order chi connectivity index (χ1) is 12.3. The number of hydrogen-bond acceptors (Lipinski definition) is 4. The minimum atomic E-state index is -3.93. The van der Waals surface area contributed by atoms with Crippen molar-refractivity contribution in [3.8, 4) is 0 Å². The Bertz CT molecular complexity index is 1050. The fraction of sp³-hybridized carbons (Fsp3) is 0.0588. The summed E-state index contributed by atoms with van der Waals surface area (Å²) >= 11 is 0. The molecule has 3 aromatic rings. The van der Waals surface area contributed by atoms with Crippen LogP contribution in [0.2, 0.25) is 0 Å². The number of aromatic nitrogens is 2. The summed E-state index contributed by atoms with van der Waals surface area (Å²) < 4.78 is 40.2. The number of amides is 1. The summed E-state index contributed by atoms with van der Waals surface area (Å²) in [7, 11) is -3.93. The molecule has 0 aliphatic heterocycles. The zero-order valence-corrected chi connectivity index (χ0v) is 14.5. The van der Waals surface area contributed by atoms with Gasteiger partial charge in [-0.15, -0.1) is 0 Å². The summed E-state index contributed by atoms with van der Waals surface area (Å²) in [5, 5.41) is 9.17. The largest absolute Gasteiger partial charge is 0.305 e. The molecule has 0 bridgehead atoms. The zero-order valence-electron chi connectivity index (χ0n) is 13.7. The molecule has 134 valence electrons. The van der Waals surface area contributed by atoms with E-state index in [9.17, 15) is 17.6 Å². The van der Waals surface area contributed by atoms with E-state index >= 15 is 0 Å². The van der Waals surface area contributed by atoms with Crippen molar-refractivity contribution in [2.45, 2.75) is 11.8 Å². The highest BCUT2D eigenvalue weighted by Crippen LogP contribution is 2.18. The molecular weight excluding hydrogens is 359 g/mol. The number of carbonyl (C=O) groups excluding carboxylic acids is 1. The molecule has 3 rings (SSSR count). The second-order valence-corrected chi connectivity index (χ2v) is 7.21. The number of nitrogens with one attached hydrogen (secondary N) is 3. The van der Waals surface area contributed by atoms with Gasteiger partial charge < -0.3 is 5.32 Å². The summed E-state index contributed by atoms with van der Waals surface area (Å²) in [6.45, 7) is 1.79. The van der Waals surface area contributed by atoms with Gasteiger partial charge in [0.15, 0.2) is 5.82 Å². The molecule has 0 atom stereocenters. The lowest BCUT2D eigenvalue weighted by Crippen LogP contribution is -2.16. The third kappa shape index (κ3) is 4.06. The number of halogens is 1. The molecule has 1 amide bonds. The lowest BCUT2D eigenvalue weighted by molar-refractivity contribution is 0.102. The molecule has 0 aliphatic rings. The third-order valence-corrected chi connectivity index (χ3v) is 4.83. The standard InChI is InChI=1S/C17H15FN4O3S/c1-11-9-16(21-20-11)19-17(23)12-3-2-4-15(10-12)26(24,25)22-14-7-5-13(18)6-8-14/h2-10,22H,1H3,(H2,19,20,21,23). The van der Waals surface area contributed by atoms with E-state index in [1.165, 1.54) is 36.4 Å². The van der Waals surface area contributed by atoms with E-state index in [4.69, 9.17) is 0 Å². The first-order valence-electron chi connectivity index (χ1n) is 7.55. The van der Waals surface area contributed by atoms with Crippen molar-refractivity contribution in [3.05, 3.63) is 71.7 Å². The molecule has 2 aromatic carbocycles. The van der Waals surface area contributed by atoms with Crippen LogP contribution in [0.3, 0.4) is 0 Å². The van der Waals surface area contributed by atoms with E-state index < -0.39 is 21.7 Å². The Labute approximate surface area is 149 Å². The molecule has 0 saturated carbocycles. The molecule has 0 radical (unpaired) electrons. The van der Waals surface area contributed by atoms with E-state index in [2.05, 4.69) is 20.2 Å². The highest BCUT2D eigenvalue weighted by molar-refractivity contribution is 7.92. The summed E-state index contributed by atoms with van der Waals surface area (Å²) in [4.78, 5) is 12.2. The maximum Gasteiger partial charge on any atom is 0.261 e. The van der Waals surface area contributed by atoms with Crippen molar-refractivity contribution < 1.29 is 17.6 Å². The van der Waals surface area contributed by atoms with Crippen molar-refractivity contribution in [1.82, 2.24) is 10.2 Å². The van der Waals surface area contributed by atoms with Gasteiger partial charge in [0.25, 0.3) is 15.9 Å². The molecule has 3 N–H and O–H groups in total. The Morgan fingerprint density at radius 3 is 2.50 bits per heavy atom. The Morgan fingerprint density at radius 2 is 1.85 bits per heavy atom. The summed E-state index contributed by atoms with van der Waals surface area (Å²) in [5.74, 6) is -0.624. The number of nitrogens with zero attached hydrogens (tertiary/aromatic N) is 1. The molecule has 1 heterocycles. The number of rotatable bonds is 5. The van der Waals surface area contributed by atoms with Crippen LogP contribution in [0.1, 0.15) is 16.1 Å². The van der Waals surface area contributed by atoms with Crippen LogP contribution in [0.25, 0.3) is 0 Å². The smallest absolute Gasteiger partial charge is 0.261 e. The first kappa shape index (κ1) is 17.6. The van der Waals surface area contributed by atoms with E-state index in [0.717, 1.165) is 17.8 Å². The summed E-state index contributed by atoms with van der Waals surface area (Å²) in [6.07, 6.45) is 0. The molecule has 0 unspecified atom stereocenters. The molecule has 1 aromatic heterocycles. The van der Waals surface area contributed by atoms with Crippen LogP contribution in [-0.2, 0) is 10.0 Å². The van der Waals surface area contributed by atoms with Crippen LogP contribution >= 0.6 is 0 Å². The summed E-state index contributed by atoms with van der Waals surface area (Å²) in [5.41, 5.74) is 1.15. The van der Waals surface area contributed by atoms with Gasteiger partial charge in [0.2, 0.25) is 0 Å². The average molecular weight is 374 g/mol. The minimum absolute atomic E-state index is 0.0901. The lowest BCUT2D eigenvalue weighted by atomic mass is 10.2. The molecule has 0 aliphatic carbocycles. The predicted octanol–water partition coefficient (Wildman–Crippen LogP) is 2.91. The van der Waals surface area contributed by atoms with E-state index in [-0.39, 0.29) is 16.1 Å². The number of hydrogen-bond donors (Lipinski definition) is 3. The first-order valence-corrected chi connectivity index (χ1v) is 9.04. The van der Waals surface area contributed by atoms with Gasteiger partial charge in [-0.3, -0.25) is 14.6 Å². The zero-order chi connectivity index (χ0) is 18.7. The van der Waals surface area contributed by atoms with Crippen molar-refractivity contribution >= 4 is 27.4 Å². The normalized spacial score (nSPS) is 11.2. The Balaban J connectivity index is 1.81. The van der Waals surface area contributed by atoms with Crippen LogP contribution < -0.4 is 10.0 Å². The number of aryl methyl sites for hydroxylation is 1. The maximum atomic E-state index is 12.9. The van der Waals surface area contributed by atoms with Gasteiger partial charge >= 0.3 is 0 Å². The third-order valence-electron chi connectivity index (χ3n) is 3.45. The fourth-order valence-corrected chi connectivity index (χ4v) is 3.31. The number of benzene rings is 2. The monoisotopic (exact) mass is 374 g/mol. The lowest BCUT2D eigenvalue weighted by Gasteiger charge is -2.09. The summed E-state index contributed by atoms with van der Waals surface area (Å²) in [6, 6.07) is 12.1. The van der Waals surface area contributed by atoms with Gasteiger partial charge in [-0.2, -0.15) is 5.10 Å². The second-order valence-electron chi connectivity index (χ2n) is 5.53. The molecular formula is C17H15FN4O3S. The minimum Gasteiger partial charge on any atom is -0.305 e. The number of aromatic amines is 1. The molecule has 0 fully saturated rings. The maximum absolute atomic E-state index is 12.9.